The Hall–Kier alpha value is -3.29. The molecule has 0 bridgehead atoms. The predicted octanol–water partition coefficient (Wildman–Crippen LogP) is 3.95. The molecule has 1 aromatic carbocycles. The van der Waals surface area contributed by atoms with Crippen LogP contribution >= 0.6 is 11.3 Å². The quantitative estimate of drug-likeness (QED) is 0.482. The highest BCUT2D eigenvalue weighted by atomic mass is 32.1. The van der Waals surface area contributed by atoms with E-state index in [0.717, 1.165) is 35.9 Å². The summed E-state index contributed by atoms with van der Waals surface area (Å²) in [5.41, 5.74) is 3.61. The SMILES string of the molecule is O=C(c1cn(-c2ccccc2)nc1-c1cccs1)N1CCN(Cc2ccncc2)CC1. The van der Waals surface area contributed by atoms with Crippen LogP contribution in [-0.2, 0) is 6.54 Å². The number of nitrogens with zero attached hydrogens (tertiary/aromatic N) is 5. The summed E-state index contributed by atoms with van der Waals surface area (Å²) in [5, 5.41) is 6.79. The molecule has 1 aliphatic heterocycles. The number of hydrogen-bond donors (Lipinski definition) is 0. The number of benzene rings is 1. The van der Waals surface area contributed by atoms with Crippen LogP contribution in [0.25, 0.3) is 16.3 Å². The second-order valence-corrected chi connectivity index (χ2v) is 8.52. The Morgan fingerprint density at radius 1 is 0.935 bits per heavy atom. The van der Waals surface area contributed by atoms with E-state index in [1.54, 1.807) is 11.3 Å². The molecule has 0 spiro atoms. The lowest BCUT2D eigenvalue weighted by Gasteiger charge is -2.34. The molecule has 3 aromatic heterocycles. The molecule has 1 aliphatic rings. The molecule has 0 N–H and O–H groups in total. The Labute approximate surface area is 185 Å². The summed E-state index contributed by atoms with van der Waals surface area (Å²) < 4.78 is 1.81. The monoisotopic (exact) mass is 429 g/mol. The van der Waals surface area contributed by atoms with Crippen molar-refractivity contribution in [2.24, 2.45) is 0 Å². The lowest BCUT2D eigenvalue weighted by molar-refractivity contribution is 0.0629. The summed E-state index contributed by atoms with van der Waals surface area (Å²) in [4.78, 5) is 22.9. The van der Waals surface area contributed by atoms with E-state index in [2.05, 4.69) is 9.88 Å². The van der Waals surface area contributed by atoms with Crippen LogP contribution in [0.3, 0.4) is 0 Å². The summed E-state index contributed by atoms with van der Waals surface area (Å²) in [7, 11) is 0. The van der Waals surface area contributed by atoms with Gasteiger partial charge in [0, 0.05) is 51.3 Å². The van der Waals surface area contributed by atoms with Gasteiger partial charge in [0.25, 0.3) is 5.91 Å². The Kier molecular flexibility index (Phi) is 5.60. The second kappa shape index (κ2) is 8.83. The zero-order chi connectivity index (χ0) is 21.0. The molecule has 7 heteroatoms. The van der Waals surface area contributed by atoms with E-state index in [1.165, 1.54) is 5.56 Å². The minimum absolute atomic E-state index is 0.0501. The van der Waals surface area contributed by atoms with Crippen molar-refractivity contribution >= 4 is 17.2 Å². The Morgan fingerprint density at radius 2 is 1.71 bits per heavy atom. The fraction of sp³-hybridized carbons (Fsp3) is 0.208. The molecule has 156 valence electrons. The van der Waals surface area contributed by atoms with Gasteiger partial charge in [-0.2, -0.15) is 5.10 Å². The highest BCUT2D eigenvalue weighted by Crippen LogP contribution is 2.29. The van der Waals surface area contributed by atoms with Crippen molar-refractivity contribution in [2.45, 2.75) is 6.54 Å². The molecule has 1 saturated heterocycles. The average Bonchev–Trinajstić information content (AvgIpc) is 3.51. The van der Waals surface area contributed by atoms with Crippen LogP contribution in [0, 0.1) is 0 Å². The Bertz CT molecular complexity index is 1130. The van der Waals surface area contributed by atoms with Gasteiger partial charge < -0.3 is 4.90 Å². The van der Waals surface area contributed by atoms with E-state index < -0.39 is 0 Å². The highest BCUT2D eigenvalue weighted by Gasteiger charge is 2.27. The first-order chi connectivity index (χ1) is 15.3. The van der Waals surface area contributed by atoms with E-state index in [0.29, 0.717) is 18.7 Å². The van der Waals surface area contributed by atoms with Crippen LogP contribution < -0.4 is 0 Å². The first-order valence-corrected chi connectivity index (χ1v) is 11.3. The third-order valence-electron chi connectivity index (χ3n) is 5.53. The summed E-state index contributed by atoms with van der Waals surface area (Å²) in [5.74, 6) is 0.0501. The third-order valence-corrected chi connectivity index (χ3v) is 6.41. The van der Waals surface area contributed by atoms with E-state index in [4.69, 9.17) is 5.10 Å². The van der Waals surface area contributed by atoms with E-state index in [9.17, 15) is 4.79 Å². The van der Waals surface area contributed by atoms with Gasteiger partial charge in [-0.1, -0.05) is 24.3 Å². The Morgan fingerprint density at radius 3 is 2.42 bits per heavy atom. The number of pyridine rings is 1. The topological polar surface area (TPSA) is 54.3 Å². The zero-order valence-electron chi connectivity index (χ0n) is 17.1. The summed E-state index contributed by atoms with van der Waals surface area (Å²) in [6.45, 7) is 4.02. The van der Waals surface area contributed by atoms with Crippen molar-refractivity contribution in [1.29, 1.82) is 0 Å². The molecule has 0 atom stereocenters. The molecule has 0 radical (unpaired) electrons. The van der Waals surface area contributed by atoms with Gasteiger partial charge in [-0.15, -0.1) is 11.3 Å². The molecular weight excluding hydrogens is 406 g/mol. The van der Waals surface area contributed by atoms with Crippen LogP contribution in [0.4, 0.5) is 0 Å². The number of aromatic nitrogens is 3. The normalized spacial score (nSPS) is 14.6. The van der Waals surface area contributed by atoms with Gasteiger partial charge in [-0.25, -0.2) is 4.68 Å². The number of thiophene rings is 1. The molecule has 6 nitrogen and oxygen atoms in total. The molecule has 0 unspecified atom stereocenters. The van der Waals surface area contributed by atoms with Gasteiger partial charge in [-0.3, -0.25) is 14.7 Å². The number of carbonyl (C=O) groups excluding carboxylic acids is 1. The van der Waals surface area contributed by atoms with Crippen LogP contribution in [0.15, 0.2) is 78.6 Å². The fourth-order valence-corrected chi connectivity index (χ4v) is 4.59. The highest BCUT2D eigenvalue weighted by molar-refractivity contribution is 7.13. The molecule has 1 fully saturated rings. The van der Waals surface area contributed by atoms with Gasteiger partial charge in [-0.05, 0) is 41.3 Å². The fourth-order valence-electron chi connectivity index (χ4n) is 3.86. The molecule has 31 heavy (non-hydrogen) atoms. The predicted molar refractivity (Wildman–Crippen MR) is 122 cm³/mol. The molecule has 4 aromatic rings. The van der Waals surface area contributed by atoms with Crippen molar-refractivity contribution < 1.29 is 4.79 Å². The zero-order valence-corrected chi connectivity index (χ0v) is 17.9. The van der Waals surface area contributed by atoms with Crippen molar-refractivity contribution in [1.82, 2.24) is 24.6 Å². The van der Waals surface area contributed by atoms with E-state index in [-0.39, 0.29) is 5.91 Å². The first kappa shape index (κ1) is 19.7. The smallest absolute Gasteiger partial charge is 0.257 e. The number of piperazine rings is 1. The number of amides is 1. The maximum atomic E-state index is 13.5. The minimum atomic E-state index is 0.0501. The summed E-state index contributed by atoms with van der Waals surface area (Å²) >= 11 is 1.60. The van der Waals surface area contributed by atoms with Crippen LogP contribution in [0.5, 0.6) is 0 Å². The van der Waals surface area contributed by atoms with Crippen molar-refractivity contribution in [3.8, 4) is 16.3 Å². The van der Waals surface area contributed by atoms with Crippen molar-refractivity contribution in [2.75, 3.05) is 26.2 Å². The number of carbonyl (C=O) groups is 1. The largest absolute Gasteiger partial charge is 0.336 e. The third kappa shape index (κ3) is 4.28. The molecule has 1 amide bonds. The molecule has 0 saturated carbocycles. The van der Waals surface area contributed by atoms with E-state index in [1.807, 2.05) is 88.1 Å². The van der Waals surface area contributed by atoms with Gasteiger partial charge in [0.05, 0.1) is 16.1 Å². The lowest BCUT2D eigenvalue weighted by Crippen LogP contribution is -2.48. The van der Waals surface area contributed by atoms with E-state index >= 15 is 0 Å². The number of rotatable bonds is 5. The number of para-hydroxylation sites is 1. The molecular formula is C24H23N5OS. The van der Waals surface area contributed by atoms with Crippen LogP contribution in [-0.4, -0.2) is 56.7 Å². The Balaban J connectivity index is 1.35. The van der Waals surface area contributed by atoms with Crippen molar-refractivity contribution in [3.05, 3.63) is 89.7 Å². The van der Waals surface area contributed by atoms with Crippen LogP contribution in [0.2, 0.25) is 0 Å². The maximum absolute atomic E-state index is 13.5. The number of hydrogen-bond acceptors (Lipinski definition) is 5. The summed E-state index contributed by atoms with van der Waals surface area (Å²) in [6, 6.07) is 18.0. The molecule has 4 heterocycles. The molecule has 0 aliphatic carbocycles. The lowest BCUT2D eigenvalue weighted by atomic mass is 10.1. The van der Waals surface area contributed by atoms with Crippen LogP contribution in [0.1, 0.15) is 15.9 Å². The van der Waals surface area contributed by atoms with Gasteiger partial charge in [0.2, 0.25) is 0 Å². The minimum Gasteiger partial charge on any atom is -0.336 e. The van der Waals surface area contributed by atoms with Gasteiger partial charge >= 0.3 is 0 Å². The van der Waals surface area contributed by atoms with Gasteiger partial charge in [0.1, 0.15) is 5.69 Å². The van der Waals surface area contributed by atoms with Crippen molar-refractivity contribution in [3.63, 3.8) is 0 Å². The maximum Gasteiger partial charge on any atom is 0.257 e. The standard InChI is InChI=1S/C24H23N5OS/c30-24(28-14-12-27(13-15-28)17-19-8-10-25-11-9-19)21-18-29(20-5-2-1-3-6-20)26-23(21)22-7-4-16-31-22/h1-11,16,18H,12-15,17H2. The summed E-state index contributed by atoms with van der Waals surface area (Å²) in [6.07, 6.45) is 5.52. The second-order valence-electron chi connectivity index (χ2n) is 7.57. The molecule has 5 rings (SSSR count). The van der Waals surface area contributed by atoms with Gasteiger partial charge in [0.15, 0.2) is 0 Å². The first-order valence-electron chi connectivity index (χ1n) is 10.4. The average molecular weight is 430 g/mol.